The van der Waals surface area contributed by atoms with Gasteiger partial charge in [-0.25, -0.2) is 9.97 Å². The Morgan fingerprint density at radius 1 is 0.966 bits per heavy atom. The average molecular weight is 388 g/mol. The van der Waals surface area contributed by atoms with E-state index < -0.39 is 0 Å². The molecule has 0 aliphatic carbocycles. The summed E-state index contributed by atoms with van der Waals surface area (Å²) in [4.78, 5) is 30.4. The lowest BCUT2D eigenvalue weighted by Crippen LogP contribution is -2.47. The molecule has 0 atom stereocenters. The van der Waals surface area contributed by atoms with Crippen LogP contribution in [-0.2, 0) is 6.54 Å². The molecule has 29 heavy (non-hydrogen) atoms. The molecule has 3 aromatic rings. The molecule has 1 aliphatic heterocycles. The van der Waals surface area contributed by atoms with Gasteiger partial charge in [0.1, 0.15) is 5.69 Å². The fourth-order valence-corrected chi connectivity index (χ4v) is 3.38. The molecule has 1 aliphatic rings. The number of amides is 1. The molecule has 1 saturated heterocycles. The molecular formula is C22H24N6O. The second-order valence-electron chi connectivity index (χ2n) is 7.01. The van der Waals surface area contributed by atoms with E-state index in [-0.39, 0.29) is 5.91 Å². The van der Waals surface area contributed by atoms with Crippen LogP contribution in [0.5, 0.6) is 0 Å². The summed E-state index contributed by atoms with van der Waals surface area (Å²) in [5.41, 5.74) is 3.20. The molecule has 2 aromatic heterocycles. The summed E-state index contributed by atoms with van der Waals surface area (Å²) in [6, 6.07) is 17.7. The molecule has 0 radical (unpaired) electrons. The Kier molecular flexibility index (Phi) is 5.65. The molecule has 7 heteroatoms. The molecule has 148 valence electrons. The highest BCUT2D eigenvalue weighted by Gasteiger charge is 2.21. The van der Waals surface area contributed by atoms with E-state index in [1.165, 1.54) is 5.69 Å². The average Bonchev–Trinajstić information content (AvgIpc) is 2.78. The van der Waals surface area contributed by atoms with Crippen molar-refractivity contribution >= 4 is 17.5 Å². The topological polar surface area (TPSA) is 74.2 Å². The van der Waals surface area contributed by atoms with Crippen molar-refractivity contribution < 1.29 is 4.79 Å². The fraction of sp³-hybridized carbons (Fsp3) is 0.273. The zero-order chi connectivity index (χ0) is 20.1. The molecule has 7 nitrogen and oxygen atoms in total. The molecule has 1 N–H and O–H groups in total. The van der Waals surface area contributed by atoms with Gasteiger partial charge in [-0.15, -0.1) is 0 Å². The van der Waals surface area contributed by atoms with E-state index in [9.17, 15) is 4.79 Å². The summed E-state index contributed by atoms with van der Waals surface area (Å²) in [6.45, 7) is 5.67. The summed E-state index contributed by atoms with van der Waals surface area (Å²) in [5, 5.41) is 2.88. The second kappa shape index (κ2) is 8.68. The molecule has 0 saturated carbocycles. The highest BCUT2D eigenvalue weighted by Crippen LogP contribution is 2.18. The van der Waals surface area contributed by atoms with Crippen LogP contribution in [0.2, 0.25) is 0 Å². The number of hydrogen-bond donors (Lipinski definition) is 1. The Balaban J connectivity index is 1.41. The number of pyridine rings is 1. The SMILES string of the molecule is Cc1cc(C(=O)NCc2ccccn2)nc(N2CCN(c3ccccc3)CC2)n1. The molecule has 1 amide bonds. The van der Waals surface area contributed by atoms with Crippen molar-refractivity contribution in [3.05, 3.63) is 77.9 Å². The van der Waals surface area contributed by atoms with E-state index in [0.29, 0.717) is 18.2 Å². The standard InChI is InChI=1S/C22H24N6O/c1-17-15-20(21(29)24-16-18-7-5-6-10-23-18)26-22(25-17)28-13-11-27(12-14-28)19-8-3-2-4-9-19/h2-10,15H,11-14,16H2,1H3,(H,24,29). The summed E-state index contributed by atoms with van der Waals surface area (Å²) in [6.07, 6.45) is 1.71. The first-order valence-electron chi connectivity index (χ1n) is 9.78. The van der Waals surface area contributed by atoms with Gasteiger partial charge in [0.2, 0.25) is 5.95 Å². The maximum atomic E-state index is 12.6. The summed E-state index contributed by atoms with van der Waals surface area (Å²) in [5.74, 6) is 0.394. The number of piperazine rings is 1. The number of nitrogens with one attached hydrogen (secondary N) is 1. The summed E-state index contributed by atoms with van der Waals surface area (Å²) >= 11 is 0. The van der Waals surface area contributed by atoms with Gasteiger partial charge >= 0.3 is 0 Å². The van der Waals surface area contributed by atoms with Crippen molar-refractivity contribution in [1.29, 1.82) is 0 Å². The monoisotopic (exact) mass is 388 g/mol. The molecule has 3 heterocycles. The highest BCUT2D eigenvalue weighted by molar-refractivity contribution is 5.92. The lowest BCUT2D eigenvalue weighted by atomic mass is 10.2. The quantitative estimate of drug-likeness (QED) is 0.724. The predicted octanol–water partition coefficient (Wildman–Crippen LogP) is 2.44. The maximum Gasteiger partial charge on any atom is 0.270 e. The minimum atomic E-state index is -0.217. The largest absolute Gasteiger partial charge is 0.368 e. The van der Waals surface area contributed by atoms with Crippen molar-refractivity contribution in [2.45, 2.75) is 13.5 Å². The number of anilines is 2. The number of rotatable bonds is 5. The molecule has 1 aromatic carbocycles. The molecule has 1 fully saturated rings. The van der Waals surface area contributed by atoms with Gasteiger partial charge < -0.3 is 15.1 Å². The predicted molar refractivity (Wildman–Crippen MR) is 113 cm³/mol. The van der Waals surface area contributed by atoms with E-state index >= 15 is 0 Å². The first-order valence-corrected chi connectivity index (χ1v) is 9.78. The van der Waals surface area contributed by atoms with E-state index in [0.717, 1.165) is 37.6 Å². The number of benzene rings is 1. The van der Waals surface area contributed by atoms with Gasteiger partial charge in [-0.1, -0.05) is 24.3 Å². The number of hydrogen-bond acceptors (Lipinski definition) is 6. The number of aromatic nitrogens is 3. The third-order valence-corrected chi connectivity index (χ3v) is 4.92. The first-order chi connectivity index (χ1) is 14.2. The first kappa shape index (κ1) is 18.9. The van der Waals surface area contributed by atoms with Gasteiger partial charge in [0, 0.05) is 43.8 Å². The van der Waals surface area contributed by atoms with Crippen LogP contribution in [0.15, 0.2) is 60.8 Å². The van der Waals surface area contributed by atoms with Crippen LogP contribution in [0.3, 0.4) is 0 Å². The van der Waals surface area contributed by atoms with E-state index in [4.69, 9.17) is 0 Å². The summed E-state index contributed by atoms with van der Waals surface area (Å²) in [7, 11) is 0. The normalized spacial score (nSPS) is 14.0. The highest BCUT2D eigenvalue weighted by atomic mass is 16.1. The van der Waals surface area contributed by atoms with Crippen LogP contribution in [0.4, 0.5) is 11.6 Å². The molecule has 4 rings (SSSR count). The minimum Gasteiger partial charge on any atom is -0.368 e. The van der Waals surface area contributed by atoms with Crippen molar-refractivity contribution in [2.75, 3.05) is 36.0 Å². The fourth-order valence-electron chi connectivity index (χ4n) is 3.38. The molecule has 0 spiro atoms. The van der Waals surface area contributed by atoms with Crippen LogP contribution in [-0.4, -0.2) is 47.0 Å². The lowest BCUT2D eigenvalue weighted by Gasteiger charge is -2.36. The molecular weight excluding hydrogens is 364 g/mol. The second-order valence-corrected chi connectivity index (χ2v) is 7.01. The van der Waals surface area contributed by atoms with Crippen molar-refractivity contribution in [3.63, 3.8) is 0 Å². The molecule has 0 unspecified atom stereocenters. The lowest BCUT2D eigenvalue weighted by molar-refractivity contribution is 0.0945. The number of aryl methyl sites for hydroxylation is 1. The van der Waals surface area contributed by atoms with Crippen LogP contribution >= 0.6 is 0 Å². The third kappa shape index (κ3) is 4.68. The van der Waals surface area contributed by atoms with Crippen LogP contribution < -0.4 is 15.1 Å². The number of carbonyl (C=O) groups is 1. The van der Waals surface area contributed by atoms with E-state index in [1.807, 2.05) is 31.2 Å². The van der Waals surface area contributed by atoms with Gasteiger partial charge in [0.25, 0.3) is 5.91 Å². The van der Waals surface area contributed by atoms with Crippen molar-refractivity contribution in [1.82, 2.24) is 20.3 Å². The Labute approximate surface area is 170 Å². The third-order valence-electron chi connectivity index (χ3n) is 4.92. The Morgan fingerprint density at radius 3 is 2.41 bits per heavy atom. The number of para-hydroxylation sites is 1. The minimum absolute atomic E-state index is 0.217. The summed E-state index contributed by atoms with van der Waals surface area (Å²) < 4.78 is 0. The maximum absolute atomic E-state index is 12.6. The Hall–Kier alpha value is -3.48. The van der Waals surface area contributed by atoms with Gasteiger partial charge in [-0.3, -0.25) is 9.78 Å². The van der Waals surface area contributed by atoms with Crippen LogP contribution in [0.25, 0.3) is 0 Å². The zero-order valence-corrected chi connectivity index (χ0v) is 16.5. The van der Waals surface area contributed by atoms with Gasteiger partial charge in [0.05, 0.1) is 12.2 Å². The van der Waals surface area contributed by atoms with Crippen LogP contribution in [0, 0.1) is 6.92 Å². The number of carbonyl (C=O) groups excluding carboxylic acids is 1. The van der Waals surface area contributed by atoms with Gasteiger partial charge in [0.15, 0.2) is 0 Å². The van der Waals surface area contributed by atoms with E-state index in [1.54, 1.807) is 12.3 Å². The Bertz CT molecular complexity index is 956. The van der Waals surface area contributed by atoms with E-state index in [2.05, 4.69) is 54.3 Å². The van der Waals surface area contributed by atoms with Crippen LogP contribution in [0.1, 0.15) is 21.9 Å². The van der Waals surface area contributed by atoms with Crippen molar-refractivity contribution in [3.8, 4) is 0 Å². The van der Waals surface area contributed by atoms with Gasteiger partial charge in [-0.05, 0) is 37.3 Å². The number of nitrogens with zero attached hydrogens (tertiary/aromatic N) is 5. The zero-order valence-electron chi connectivity index (χ0n) is 16.5. The van der Waals surface area contributed by atoms with Gasteiger partial charge in [-0.2, -0.15) is 0 Å². The Morgan fingerprint density at radius 2 is 1.69 bits per heavy atom. The van der Waals surface area contributed by atoms with Crippen molar-refractivity contribution in [2.24, 2.45) is 0 Å². The molecule has 0 bridgehead atoms. The smallest absolute Gasteiger partial charge is 0.270 e.